The number of aromatic nitrogens is 1. The van der Waals surface area contributed by atoms with Crippen LogP contribution in [0.2, 0.25) is 0 Å². The Morgan fingerprint density at radius 1 is 0.636 bits per heavy atom. The molecule has 0 saturated heterocycles. The van der Waals surface area contributed by atoms with Crippen LogP contribution in [0.4, 0.5) is 11.4 Å². The highest BCUT2D eigenvalue weighted by molar-refractivity contribution is 6.06. The van der Waals surface area contributed by atoms with E-state index >= 15 is 0 Å². The summed E-state index contributed by atoms with van der Waals surface area (Å²) in [6.07, 6.45) is 5.75. The number of anilines is 2. The van der Waals surface area contributed by atoms with Crippen molar-refractivity contribution in [1.29, 1.82) is 0 Å². The number of hydrogen-bond acceptors (Lipinski definition) is 8. The number of benzene rings is 4. The van der Waals surface area contributed by atoms with Crippen LogP contribution in [0.3, 0.4) is 0 Å². The molecule has 7 rings (SSSR count). The lowest BCUT2D eigenvalue weighted by Crippen LogP contribution is -2.25. The summed E-state index contributed by atoms with van der Waals surface area (Å²) in [5.74, 6) is 0.435. The summed E-state index contributed by atoms with van der Waals surface area (Å²) < 4.78 is 11.0. The maximum Gasteiger partial charge on any atom is 0.255 e. The van der Waals surface area contributed by atoms with Crippen molar-refractivity contribution in [3.8, 4) is 17.2 Å². The van der Waals surface area contributed by atoms with Crippen molar-refractivity contribution in [2.45, 2.75) is 58.2 Å². The van der Waals surface area contributed by atoms with Gasteiger partial charge in [-0.1, -0.05) is 24.3 Å². The maximum absolute atomic E-state index is 12.8. The van der Waals surface area contributed by atoms with Crippen LogP contribution in [0.15, 0.2) is 103 Å². The third-order valence-electron chi connectivity index (χ3n) is 8.94. The average Bonchev–Trinajstić information content (AvgIpc) is 4.14. The summed E-state index contributed by atoms with van der Waals surface area (Å²) in [5, 5.41) is 21.0. The van der Waals surface area contributed by atoms with E-state index in [2.05, 4.69) is 26.3 Å². The lowest BCUT2D eigenvalue weighted by atomic mass is 10.1. The number of nitrogens with zero attached hydrogens (tertiary/aromatic N) is 1. The minimum Gasteiger partial charge on any atom is -0.508 e. The standard InChI is InChI=1S/C25H25N3O4.C18H18N2O3/c1-16-6-7-18(24(29)27-19-8-9-19)13-23(16)28-25(30)17-4-3-5-22(12-17)32-15-20-14-21(31-2)10-11-26-20;1-11-5-6-13(17(22)19-14-7-8-14)10-16(11)20-18(23)12-3-2-4-15(21)9-12/h3-7,10-14,19H,8-9,15H2,1-2H3,(H,27,29)(H,28,30);2-6,9-10,14,21H,7-8H2,1H3,(H,19,22)(H,20,23). The number of rotatable bonds is 12. The minimum atomic E-state index is -0.330. The summed E-state index contributed by atoms with van der Waals surface area (Å²) in [6.45, 7) is 4.00. The van der Waals surface area contributed by atoms with E-state index in [1.165, 1.54) is 12.1 Å². The molecule has 2 aliphatic rings. The lowest BCUT2D eigenvalue weighted by molar-refractivity contribution is 0.0942. The molecule has 282 valence electrons. The molecule has 55 heavy (non-hydrogen) atoms. The first-order valence-corrected chi connectivity index (χ1v) is 18.0. The van der Waals surface area contributed by atoms with Crippen molar-refractivity contribution in [3.63, 3.8) is 0 Å². The Hall–Kier alpha value is -6.69. The van der Waals surface area contributed by atoms with Gasteiger partial charge < -0.3 is 35.8 Å². The van der Waals surface area contributed by atoms with Gasteiger partial charge in [-0.2, -0.15) is 0 Å². The molecular weight excluding hydrogens is 699 g/mol. The molecule has 12 heteroatoms. The second-order valence-corrected chi connectivity index (χ2v) is 13.5. The van der Waals surface area contributed by atoms with Gasteiger partial charge in [0, 0.05) is 58.0 Å². The summed E-state index contributed by atoms with van der Waals surface area (Å²) in [4.78, 5) is 53.8. The molecule has 1 heterocycles. The van der Waals surface area contributed by atoms with Crippen LogP contribution in [-0.4, -0.2) is 52.9 Å². The average molecular weight is 742 g/mol. The van der Waals surface area contributed by atoms with Gasteiger partial charge in [-0.05, 0) is 117 Å². The van der Waals surface area contributed by atoms with Crippen molar-refractivity contribution >= 4 is 35.0 Å². The first-order valence-electron chi connectivity index (χ1n) is 18.0. The highest BCUT2D eigenvalue weighted by Crippen LogP contribution is 2.24. The van der Waals surface area contributed by atoms with Crippen LogP contribution in [-0.2, 0) is 6.61 Å². The van der Waals surface area contributed by atoms with Crippen LogP contribution < -0.4 is 30.7 Å². The Morgan fingerprint density at radius 3 is 1.69 bits per heavy atom. The fourth-order valence-corrected chi connectivity index (χ4v) is 5.37. The number of amides is 4. The quantitative estimate of drug-likeness (QED) is 0.0914. The van der Waals surface area contributed by atoms with Gasteiger partial charge in [-0.25, -0.2) is 0 Å². The number of ether oxygens (including phenoxy) is 2. The van der Waals surface area contributed by atoms with E-state index in [4.69, 9.17) is 9.47 Å². The van der Waals surface area contributed by atoms with Gasteiger partial charge in [0.25, 0.3) is 23.6 Å². The zero-order valence-corrected chi connectivity index (χ0v) is 30.8. The summed E-state index contributed by atoms with van der Waals surface area (Å²) in [7, 11) is 1.60. The second kappa shape index (κ2) is 17.4. The molecule has 4 amide bonds. The zero-order chi connectivity index (χ0) is 38.9. The predicted molar refractivity (Wildman–Crippen MR) is 209 cm³/mol. The van der Waals surface area contributed by atoms with E-state index in [9.17, 15) is 24.3 Å². The van der Waals surface area contributed by atoms with Crippen molar-refractivity contribution in [1.82, 2.24) is 15.6 Å². The lowest BCUT2D eigenvalue weighted by Gasteiger charge is -2.12. The molecule has 0 atom stereocenters. The summed E-state index contributed by atoms with van der Waals surface area (Å²) in [5.41, 5.74) is 5.50. The zero-order valence-electron chi connectivity index (χ0n) is 30.8. The number of hydrogen-bond donors (Lipinski definition) is 5. The summed E-state index contributed by atoms with van der Waals surface area (Å²) >= 11 is 0. The van der Waals surface area contributed by atoms with Gasteiger partial charge in [0.05, 0.1) is 12.8 Å². The first-order chi connectivity index (χ1) is 26.5. The van der Waals surface area contributed by atoms with Crippen molar-refractivity contribution in [2.75, 3.05) is 17.7 Å². The molecule has 12 nitrogen and oxygen atoms in total. The number of aromatic hydroxyl groups is 1. The van der Waals surface area contributed by atoms with E-state index in [1.54, 1.807) is 92.2 Å². The molecule has 0 bridgehead atoms. The Labute approximate surface area is 319 Å². The van der Waals surface area contributed by atoms with E-state index in [0.29, 0.717) is 45.1 Å². The van der Waals surface area contributed by atoms with E-state index < -0.39 is 0 Å². The van der Waals surface area contributed by atoms with Crippen LogP contribution in [0.5, 0.6) is 17.2 Å². The first kappa shape index (κ1) is 38.0. The Balaban J connectivity index is 0.000000197. The van der Waals surface area contributed by atoms with Crippen LogP contribution in [0, 0.1) is 13.8 Å². The minimum absolute atomic E-state index is 0.0342. The van der Waals surface area contributed by atoms with E-state index in [1.807, 2.05) is 19.9 Å². The van der Waals surface area contributed by atoms with Gasteiger partial charge in [0.1, 0.15) is 23.9 Å². The molecule has 1 aromatic heterocycles. The van der Waals surface area contributed by atoms with E-state index in [-0.39, 0.29) is 48.1 Å². The van der Waals surface area contributed by atoms with Crippen LogP contribution in [0.1, 0.15) is 83.9 Å². The molecule has 2 fully saturated rings. The third-order valence-corrected chi connectivity index (χ3v) is 8.94. The smallest absolute Gasteiger partial charge is 0.255 e. The number of methoxy groups -OCH3 is 1. The number of phenolic OH excluding ortho intramolecular Hbond substituents is 1. The highest BCUT2D eigenvalue weighted by atomic mass is 16.5. The molecular formula is C43H43N5O7. The molecule has 0 unspecified atom stereocenters. The van der Waals surface area contributed by atoms with Gasteiger partial charge >= 0.3 is 0 Å². The van der Waals surface area contributed by atoms with Gasteiger partial charge in [0.2, 0.25) is 0 Å². The number of aryl methyl sites for hydroxylation is 2. The topological polar surface area (TPSA) is 168 Å². The van der Waals surface area contributed by atoms with Crippen molar-refractivity contribution in [2.24, 2.45) is 0 Å². The molecule has 2 aliphatic carbocycles. The molecule has 0 radical (unpaired) electrons. The molecule has 5 aromatic rings. The van der Waals surface area contributed by atoms with Crippen LogP contribution in [0.25, 0.3) is 0 Å². The number of carbonyl (C=O) groups excluding carboxylic acids is 4. The largest absolute Gasteiger partial charge is 0.508 e. The maximum atomic E-state index is 12.8. The number of pyridine rings is 1. The fourth-order valence-electron chi connectivity index (χ4n) is 5.37. The number of phenols is 1. The molecule has 0 aliphatic heterocycles. The number of nitrogens with one attached hydrogen (secondary N) is 4. The van der Waals surface area contributed by atoms with Gasteiger partial charge in [-0.15, -0.1) is 0 Å². The van der Waals surface area contributed by atoms with Gasteiger partial charge in [0.15, 0.2) is 0 Å². The molecule has 4 aromatic carbocycles. The Morgan fingerprint density at radius 2 is 1.16 bits per heavy atom. The Kier molecular flexibility index (Phi) is 12.1. The molecule has 5 N–H and O–H groups in total. The molecule has 0 spiro atoms. The summed E-state index contributed by atoms with van der Waals surface area (Å²) in [6, 6.07) is 27.7. The van der Waals surface area contributed by atoms with Crippen molar-refractivity contribution < 1.29 is 33.8 Å². The van der Waals surface area contributed by atoms with Crippen LogP contribution >= 0.6 is 0 Å². The van der Waals surface area contributed by atoms with Gasteiger partial charge in [-0.3, -0.25) is 24.2 Å². The number of carbonyl (C=O) groups is 4. The normalized spacial score (nSPS) is 13.0. The SMILES string of the molecule is COc1ccnc(COc2cccc(C(=O)Nc3cc(C(=O)NC4CC4)ccc3C)c2)c1.Cc1ccc(C(=O)NC2CC2)cc1NC(=O)c1cccc(O)c1. The monoisotopic (exact) mass is 741 g/mol. The predicted octanol–water partition coefficient (Wildman–Crippen LogP) is 6.97. The van der Waals surface area contributed by atoms with Crippen molar-refractivity contribution in [3.05, 3.63) is 142 Å². The fraction of sp³-hybridized carbons (Fsp3) is 0.233. The third kappa shape index (κ3) is 10.9. The van der Waals surface area contributed by atoms with E-state index in [0.717, 1.165) is 42.5 Å². The second-order valence-electron chi connectivity index (χ2n) is 13.5. The molecule has 2 saturated carbocycles. The highest BCUT2D eigenvalue weighted by Gasteiger charge is 2.25. The Bertz CT molecular complexity index is 2210.